The number of hydrogen-bond donors (Lipinski definition) is 2. The van der Waals surface area contributed by atoms with Gasteiger partial charge < -0.3 is 24.6 Å². The normalized spacial score (nSPS) is 19.7. The van der Waals surface area contributed by atoms with Crippen LogP contribution in [0.1, 0.15) is 50.1 Å². The fraction of sp³-hybridized carbons (Fsp3) is 0.609. The fourth-order valence-corrected chi connectivity index (χ4v) is 5.68. The van der Waals surface area contributed by atoms with Crippen LogP contribution in [-0.4, -0.2) is 71.2 Å². The van der Waals surface area contributed by atoms with Crippen LogP contribution in [0.5, 0.6) is 11.9 Å². The molecule has 1 fully saturated rings. The monoisotopic (exact) mass is 503 g/mol. The number of urea groups is 1. The van der Waals surface area contributed by atoms with Gasteiger partial charge in [-0.05, 0) is 33.1 Å². The van der Waals surface area contributed by atoms with Gasteiger partial charge in [0, 0.05) is 49.0 Å². The summed E-state index contributed by atoms with van der Waals surface area (Å²) in [6.45, 7) is 5.81. The number of anilines is 2. The Morgan fingerprint density at radius 2 is 1.91 bits per heavy atom. The van der Waals surface area contributed by atoms with Crippen molar-refractivity contribution >= 4 is 34.2 Å². The third-order valence-electron chi connectivity index (χ3n) is 6.44. The number of nitrogens with one attached hydrogen (secondary N) is 2. The number of hydrogen-bond acceptors (Lipinski definition) is 9. The molecule has 0 saturated carbocycles. The van der Waals surface area contributed by atoms with Crippen LogP contribution in [-0.2, 0) is 17.8 Å². The van der Waals surface area contributed by atoms with E-state index in [0.717, 1.165) is 42.8 Å². The molecule has 2 aromatic heterocycles. The predicted octanol–water partition coefficient (Wildman–Crippen LogP) is 2.81. The minimum Gasteiger partial charge on any atom is -0.481 e. The number of rotatable bonds is 7. The molecular weight excluding hydrogens is 470 g/mol. The van der Waals surface area contributed by atoms with Gasteiger partial charge in [0.2, 0.25) is 11.8 Å². The highest BCUT2D eigenvalue weighted by molar-refractivity contribution is 7.15. The van der Waals surface area contributed by atoms with Crippen LogP contribution in [0.4, 0.5) is 15.7 Å². The molecule has 2 aliphatic rings. The highest BCUT2D eigenvalue weighted by Gasteiger charge is 2.28. The van der Waals surface area contributed by atoms with Crippen molar-refractivity contribution in [3.05, 3.63) is 16.6 Å². The Bertz CT molecular complexity index is 1030. The number of methoxy groups -OCH3 is 2. The molecule has 35 heavy (non-hydrogen) atoms. The number of thiazole rings is 1. The third kappa shape index (κ3) is 5.92. The van der Waals surface area contributed by atoms with Gasteiger partial charge >= 0.3 is 12.0 Å². The zero-order chi connectivity index (χ0) is 24.9. The molecule has 2 atom stereocenters. The van der Waals surface area contributed by atoms with Crippen LogP contribution in [0.2, 0.25) is 0 Å². The van der Waals surface area contributed by atoms with E-state index in [1.165, 1.54) is 18.4 Å². The topological polar surface area (TPSA) is 122 Å². The highest BCUT2D eigenvalue weighted by Crippen LogP contribution is 2.31. The molecule has 0 unspecified atom stereocenters. The average molecular weight is 504 g/mol. The van der Waals surface area contributed by atoms with Crippen molar-refractivity contribution in [1.82, 2.24) is 25.2 Å². The van der Waals surface area contributed by atoms with Crippen LogP contribution in [0.25, 0.3) is 0 Å². The molecule has 0 spiro atoms. The Labute approximate surface area is 209 Å². The second kappa shape index (κ2) is 11.1. The van der Waals surface area contributed by atoms with Gasteiger partial charge in [-0.2, -0.15) is 9.97 Å². The van der Waals surface area contributed by atoms with E-state index in [4.69, 9.17) is 9.47 Å². The van der Waals surface area contributed by atoms with Gasteiger partial charge in [-0.15, -0.1) is 0 Å². The van der Waals surface area contributed by atoms with Crippen molar-refractivity contribution in [3.63, 3.8) is 0 Å². The molecule has 2 aromatic rings. The lowest BCUT2D eigenvalue weighted by molar-refractivity contribution is -0.137. The first-order valence-corrected chi connectivity index (χ1v) is 12.8. The summed E-state index contributed by atoms with van der Waals surface area (Å²) < 4.78 is 10.4. The highest BCUT2D eigenvalue weighted by atomic mass is 32.1. The Balaban J connectivity index is 1.30. The van der Waals surface area contributed by atoms with Gasteiger partial charge in [0.1, 0.15) is 5.82 Å². The molecule has 0 aromatic carbocycles. The summed E-state index contributed by atoms with van der Waals surface area (Å²) in [5.41, 5.74) is 0.970. The van der Waals surface area contributed by atoms with Gasteiger partial charge in [0.15, 0.2) is 5.13 Å². The van der Waals surface area contributed by atoms with Crippen LogP contribution in [0.15, 0.2) is 6.07 Å². The molecule has 0 bridgehead atoms. The first-order valence-electron chi connectivity index (χ1n) is 11.9. The maximum atomic E-state index is 12.6. The minimum absolute atomic E-state index is 0.0905. The number of ether oxygens (including phenoxy) is 2. The lowest BCUT2D eigenvalue weighted by Crippen LogP contribution is -2.48. The van der Waals surface area contributed by atoms with Crippen molar-refractivity contribution in [2.75, 3.05) is 37.5 Å². The van der Waals surface area contributed by atoms with E-state index < -0.39 is 0 Å². The quantitative estimate of drug-likeness (QED) is 0.592. The summed E-state index contributed by atoms with van der Waals surface area (Å²) in [4.78, 5) is 43.3. The molecule has 1 saturated heterocycles. The van der Waals surface area contributed by atoms with Crippen molar-refractivity contribution in [3.8, 4) is 11.9 Å². The molecule has 3 amide bonds. The summed E-state index contributed by atoms with van der Waals surface area (Å²) in [7, 11) is 3.07. The zero-order valence-corrected chi connectivity index (χ0v) is 21.5. The molecule has 0 radical (unpaired) electrons. The van der Waals surface area contributed by atoms with E-state index in [2.05, 4.69) is 44.3 Å². The average Bonchev–Trinajstić information content (AvgIpc) is 3.24. The van der Waals surface area contributed by atoms with Crippen LogP contribution >= 0.6 is 11.3 Å². The molecule has 0 aliphatic carbocycles. The van der Waals surface area contributed by atoms with Crippen molar-refractivity contribution in [2.45, 2.75) is 64.6 Å². The SMILES string of the molecule is COc1cc(N2CCc3nc(NC(=O)NCCC(=O)N4[C@H](C)CCC[C@@H]4C)sc3C2)nc(OC)n1. The van der Waals surface area contributed by atoms with Gasteiger partial charge in [-0.25, -0.2) is 9.78 Å². The van der Waals surface area contributed by atoms with E-state index >= 15 is 0 Å². The first kappa shape index (κ1) is 25.0. The molecule has 12 heteroatoms. The zero-order valence-electron chi connectivity index (χ0n) is 20.7. The first-order chi connectivity index (χ1) is 16.9. The molecule has 2 aliphatic heterocycles. The number of aromatic nitrogens is 3. The van der Waals surface area contributed by atoms with E-state index in [9.17, 15) is 9.59 Å². The van der Waals surface area contributed by atoms with Gasteiger partial charge in [0.25, 0.3) is 0 Å². The summed E-state index contributed by atoms with van der Waals surface area (Å²) in [6, 6.07) is 2.17. The number of likely N-dealkylation sites (tertiary alicyclic amines) is 1. The molecule has 190 valence electrons. The largest absolute Gasteiger partial charge is 0.481 e. The second-order valence-electron chi connectivity index (χ2n) is 8.88. The van der Waals surface area contributed by atoms with E-state index in [0.29, 0.717) is 23.4 Å². The number of amides is 3. The van der Waals surface area contributed by atoms with Crippen LogP contribution < -0.4 is 25.0 Å². The smallest absolute Gasteiger partial charge is 0.321 e. The minimum atomic E-state index is -0.356. The van der Waals surface area contributed by atoms with Crippen LogP contribution in [0, 0.1) is 0 Å². The van der Waals surface area contributed by atoms with E-state index in [1.807, 2.05) is 4.90 Å². The van der Waals surface area contributed by atoms with Crippen LogP contribution in [0.3, 0.4) is 0 Å². The molecule has 4 rings (SSSR count). The van der Waals surface area contributed by atoms with Gasteiger partial charge in [-0.3, -0.25) is 10.1 Å². The summed E-state index contributed by atoms with van der Waals surface area (Å²) in [6.07, 6.45) is 4.24. The second-order valence-corrected chi connectivity index (χ2v) is 9.96. The molecule has 11 nitrogen and oxygen atoms in total. The number of fused-ring (bicyclic) bond motifs is 1. The summed E-state index contributed by atoms with van der Waals surface area (Å²) >= 11 is 1.44. The predicted molar refractivity (Wildman–Crippen MR) is 133 cm³/mol. The molecule has 4 heterocycles. The number of piperidine rings is 1. The van der Waals surface area contributed by atoms with Crippen molar-refractivity contribution < 1.29 is 19.1 Å². The lowest BCUT2D eigenvalue weighted by atomic mass is 9.97. The fourth-order valence-electron chi connectivity index (χ4n) is 4.66. The Morgan fingerprint density at radius 1 is 1.14 bits per heavy atom. The van der Waals surface area contributed by atoms with Gasteiger partial charge in [-0.1, -0.05) is 11.3 Å². The number of carbonyl (C=O) groups excluding carboxylic acids is 2. The summed E-state index contributed by atoms with van der Waals surface area (Å²) in [5, 5.41) is 6.13. The van der Waals surface area contributed by atoms with E-state index in [1.54, 1.807) is 13.2 Å². The van der Waals surface area contributed by atoms with Crippen molar-refractivity contribution in [1.29, 1.82) is 0 Å². The number of carbonyl (C=O) groups is 2. The maximum absolute atomic E-state index is 12.6. The van der Waals surface area contributed by atoms with E-state index in [-0.39, 0.29) is 43.0 Å². The third-order valence-corrected chi connectivity index (χ3v) is 7.44. The lowest BCUT2D eigenvalue weighted by Gasteiger charge is -2.39. The Kier molecular flexibility index (Phi) is 7.89. The summed E-state index contributed by atoms with van der Waals surface area (Å²) in [5.74, 6) is 1.23. The standard InChI is InChI=1S/C23H33N7O4S/c1-14-6-5-7-15(2)30(14)20(31)8-10-24-21(32)28-23-25-16-9-11-29(13-17(16)35-23)18-12-19(33-3)27-22(26-18)34-4/h12,14-15H,5-11,13H2,1-4H3,(H2,24,25,28,32)/t14-,15+. The Morgan fingerprint density at radius 3 is 2.63 bits per heavy atom. The Hall–Kier alpha value is -3.15. The van der Waals surface area contributed by atoms with Gasteiger partial charge in [0.05, 0.1) is 26.5 Å². The van der Waals surface area contributed by atoms with Crippen molar-refractivity contribution in [2.24, 2.45) is 0 Å². The maximum Gasteiger partial charge on any atom is 0.321 e. The number of nitrogens with zero attached hydrogens (tertiary/aromatic N) is 5. The molecular formula is C23H33N7O4S. The molecule has 2 N–H and O–H groups in total.